The van der Waals surface area contributed by atoms with Crippen LogP contribution in [0.3, 0.4) is 0 Å². The Balaban J connectivity index is 1.81. The molecule has 25 heavy (non-hydrogen) atoms. The lowest BCUT2D eigenvalue weighted by atomic mass is 9.79. The Morgan fingerprint density at radius 1 is 1.24 bits per heavy atom. The van der Waals surface area contributed by atoms with Gasteiger partial charge >= 0.3 is 0 Å². The Hall–Kier alpha value is -1.85. The number of nitrogens with one attached hydrogen (secondary N) is 2. The van der Waals surface area contributed by atoms with E-state index in [0.717, 1.165) is 53.6 Å². The summed E-state index contributed by atoms with van der Waals surface area (Å²) < 4.78 is 11.4. The van der Waals surface area contributed by atoms with E-state index >= 15 is 0 Å². The summed E-state index contributed by atoms with van der Waals surface area (Å²) in [4.78, 5) is 12.8. The van der Waals surface area contributed by atoms with Crippen molar-refractivity contribution in [2.24, 2.45) is 5.41 Å². The number of benzene rings is 1. The van der Waals surface area contributed by atoms with Crippen LogP contribution < -0.4 is 10.6 Å². The van der Waals surface area contributed by atoms with Gasteiger partial charge in [0, 0.05) is 30.0 Å². The highest BCUT2D eigenvalue weighted by molar-refractivity contribution is 6.00. The Kier molecular flexibility index (Phi) is 5.16. The van der Waals surface area contributed by atoms with Crippen LogP contribution in [0.15, 0.2) is 16.5 Å². The lowest BCUT2D eigenvalue weighted by Crippen LogP contribution is -2.47. The highest BCUT2D eigenvalue weighted by Gasteiger charge is 2.33. The van der Waals surface area contributed by atoms with Gasteiger partial charge in [0.15, 0.2) is 5.76 Å². The predicted molar refractivity (Wildman–Crippen MR) is 99.2 cm³/mol. The molecule has 0 radical (unpaired) electrons. The van der Waals surface area contributed by atoms with E-state index in [9.17, 15) is 4.79 Å². The molecule has 0 saturated carbocycles. The molecule has 136 valence electrons. The average Bonchev–Trinajstić information content (AvgIpc) is 2.96. The van der Waals surface area contributed by atoms with Gasteiger partial charge in [0.05, 0.1) is 6.61 Å². The van der Waals surface area contributed by atoms with Gasteiger partial charge in [-0.05, 0) is 57.8 Å². The lowest BCUT2D eigenvalue weighted by molar-refractivity contribution is 0.0506. The number of carbonyl (C=O) groups excluding carboxylic acids is 1. The molecule has 1 aliphatic heterocycles. The number of fused-ring (bicyclic) bond motifs is 1. The molecule has 2 heterocycles. The summed E-state index contributed by atoms with van der Waals surface area (Å²) in [6, 6.07) is 4.11. The fourth-order valence-electron chi connectivity index (χ4n) is 3.88. The van der Waals surface area contributed by atoms with E-state index in [2.05, 4.69) is 23.6 Å². The Morgan fingerprint density at radius 2 is 1.92 bits per heavy atom. The third kappa shape index (κ3) is 3.44. The molecule has 2 aromatic rings. The van der Waals surface area contributed by atoms with Crippen LogP contribution in [0.5, 0.6) is 0 Å². The molecule has 2 N–H and O–H groups in total. The molecule has 1 amide bonds. The maximum Gasteiger partial charge on any atom is 0.287 e. The SMILES string of the molecule is COCC1(CNC(=O)c2oc3c(C)ccc(C)c3c2C)CCNCC1. The maximum atomic E-state index is 12.8. The largest absolute Gasteiger partial charge is 0.450 e. The molecule has 1 aromatic heterocycles. The van der Waals surface area contributed by atoms with Crippen LogP contribution in [0.2, 0.25) is 0 Å². The number of aryl methyl sites for hydroxylation is 3. The minimum atomic E-state index is -0.137. The van der Waals surface area contributed by atoms with Crippen molar-refractivity contribution in [3.8, 4) is 0 Å². The van der Waals surface area contributed by atoms with Crippen molar-refractivity contribution in [3.05, 3.63) is 34.6 Å². The second-order valence-corrected chi connectivity index (χ2v) is 7.33. The number of amides is 1. The monoisotopic (exact) mass is 344 g/mol. The summed E-state index contributed by atoms with van der Waals surface area (Å²) in [5.41, 5.74) is 3.92. The topological polar surface area (TPSA) is 63.5 Å². The van der Waals surface area contributed by atoms with Crippen LogP contribution in [0, 0.1) is 26.2 Å². The van der Waals surface area contributed by atoms with Crippen LogP contribution in [0.4, 0.5) is 0 Å². The smallest absolute Gasteiger partial charge is 0.287 e. The molecule has 0 spiro atoms. The van der Waals surface area contributed by atoms with Crippen LogP contribution in [0.1, 0.15) is 40.1 Å². The molecule has 5 heteroatoms. The van der Waals surface area contributed by atoms with Gasteiger partial charge in [-0.1, -0.05) is 12.1 Å². The lowest BCUT2D eigenvalue weighted by Gasteiger charge is -2.37. The fourth-order valence-corrected chi connectivity index (χ4v) is 3.88. The van der Waals surface area contributed by atoms with Crippen molar-refractivity contribution in [1.29, 1.82) is 0 Å². The quantitative estimate of drug-likeness (QED) is 0.875. The summed E-state index contributed by atoms with van der Waals surface area (Å²) in [7, 11) is 1.72. The number of ether oxygens (including phenoxy) is 1. The zero-order chi connectivity index (χ0) is 18.0. The Labute approximate surface area is 149 Å². The van der Waals surface area contributed by atoms with Gasteiger partial charge in [-0.15, -0.1) is 0 Å². The second-order valence-electron chi connectivity index (χ2n) is 7.33. The van der Waals surface area contributed by atoms with E-state index in [4.69, 9.17) is 9.15 Å². The number of hydrogen-bond acceptors (Lipinski definition) is 4. The number of carbonyl (C=O) groups is 1. The number of piperidine rings is 1. The van der Waals surface area contributed by atoms with E-state index < -0.39 is 0 Å². The molecule has 1 saturated heterocycles. The van der Waals surface area contributed by atoms with Gasteiger partial charge < -0.3 is 19.8 Å². The number of rotatable bonds is 5. The highest BCUT2D eigenvalue weighted by Crippen LogP contribution is 2.31. The zero-order valence-corrected chi connectivity index (χ0v) is 15.6. The van der Waals surface area contributed by atoms with Crippen LogP contribution in [-0.2, 0) is 4.74 Å². The van der Waals surface area contributed by atoms with Gasteiger partial charge in [-0.3, -0.25) is 4.79 Å². The van der Waals surface area contributed by atoms with Gasteiger partial charge in [0.25, 0.3) is 5.91 Å². The molecular weight excluding hydrogens is 316 g/mol. The summed E-state index contributed by atoms with van der Waals surface area (Å²) in [5.74, 6) is 0.287. The number of hydrogen-bond donors (Lipinski definition) is 2. The molecule has 1 aromatic carbocycles. The first kappa shape index (κ1) is 18.0. The normalized spacial score (nSPS) is 17.0. The Morgan fingerprint density at radius 3 is 2.56 bits per heavy atom. The third-order valence-electron chi connectivity index (χ3n) is 5.43. The molecule has 1 aliphatic rings. The van der Waals surface area contributed by atoms with Crippen molar-refractivity contribution in [1.82, 2.24) is 10.6 Å². The second kappa shape index (κ2) is 7.18. The Bertz CT molecular complexity index is 767. The van der Waals surface area contributed by atoms with Gasteiger partial charge in [0.2, 0.25) is 0 Å². The average molecular weight is 344 g/mol. The summed E-state index contributed by atoms with van der Waals surface area (Å²) >= 11 is 0. The molecule has 1 fully saturated rings. The fraction of sp³-hybridized carbons (Fsp3) is 0.550. The molecule has 0 aliphatic carbocycles. The molecule has 5 nitrogen and oxygen atoms in total. The zero-order valence-electron chi connectivity index (χ0n) is 15.6. The first-order valence-electron chi connectivity index (χ1n) is 8.94. The molecule has 0 atom stereocenters. The first-order chi connectivity index (χ1) is 12.0. The molecule has 3 rings (SSSR count). The predicted octanol–water partition coefficient (Wildman–Crippen LogP) is 3.10. The van der Waals surface area contributed by atoms with Crippen LogP contribution in [0.25, 0.3) is 11.0 Å². The molecular formula is C20H28N2O3. The van der Waals surface area contributed by atoms with Gasteiger partial charge in [-0.2, -0.15) is 0 Å². The van der Waals surface area contributed by atoms with Crippen LogP contribution >= 0.6 is 0 Å². The standard InChI is InChI=1S/C20H28N2O3/c1-13-5-6-14(2)17-16(13)15(3)18(25-17)19(23)22-11-20(12-24-4)7-9-21-10-8-20/h5-6,21H,7-12H2,1-4H3,(H,22,23). The van der Waals surface area contributed by atoms with Crippen molar-refractivity contribution >= 4 is 16.9 Å². The van der Waals surface area contributed by atoms with E-state index in [1.165, 1.54) is 0 Å². The minimum absolute atomic E-state index is 0.00140. The highest BCUT2D eigenvalue weighted by atomic mass is 16.5. The van der Waals surface area contributed by atoms with E-state index in [-0.39, 0.29) is 11.3 Å². The van der Waals surface area contributed by atoms with Crippen LogP contribution in [-0.4, -0.2) is 39.3 Å². The number of methoxy groups -OCH3 is 1. The molecule has 0 unspecified atom stereocenters. The summed E-state index contributed by atoms with van der Waals surface area (Å²) in [5, 5.41) is 7.52. The van der Waals surface area contributed by atoms with Crippen molar-refractivity contribution in [2.75, 3.05) is 33.4 Å². The van der Waals surface area contributed by atoms with E-state index in [0.29, 0.717) is 18.9 Å². The maximum absolute atomic E-state index is 12.8. The van der Waals surface area contributed by atoms with E-state index in [1.54, 1.807) is 7.11 Å². The van der Waals surface area contributed by atoms with Crippen molar-refractivity contribution < 1.29 is 13.9 Å². The van der Waals surface area contributed by atoms with E-state index in [1.807, 2.05) is 19.9 Å². The number of furan rings is 1. The summed E-state index contributed by atoms with van der Waals surface area (Å²) in [6.07, 6.45) is 2.00. The van der Waals surface area contributed by atoms with Gasteiger partial charge in [0.1, 0.15) is 5.58 Å². The molecule has 0 bridgehead atoms. The van der Waals surface area contributed by atoms with Crippen molar-refractivity contribution in [2.45, 2.75) is 33.6 Å². The first-order valence-corrected chi connectivity index (χ1v) is 8.94. The summed E-state index contributed by atoms with van der Waals surface area (Å²) in [6.45, 7) is 9.21. The van der Waals surface area contributed by atoms with Crippen molar-refractivity contribution in [3.63, 3.8) is 0 Å². The van der Waals surface area contributed by atoms with Gasteiger partial charge in [-0.25, -0.2) is 0 Å². The minimum Gasteiger partial charge on any atom is -0.450 e. The third-order valence-corrected chi connectivity index (χ3v) is 5.43.